The van der Waals surface area contributed by atoms with Crippen LogP contribution in [0.25, 0.3) is 6.08 Å². The van der Waals surface area contributed by atoms with Gasteiger partial charge in [0.05, 0.1) is 0 Å². The van der Waals surface area contributed by atoms with Crippen LogP contribution in [-0.4, -0.2) is 5.54 Å². The SMILES string of the molecule is CC(C)(N)C1=Cc2cccc(F)c2C1. The number of benzene rings is 1. The van der Waals surface area contributed by atoms with Crippen LogP contribution in [0.1, 0.15) is 25.0 Å². The normalized spacial score (nSPS) is 15.3. The van der Waals surface area contributed by atoms with Crippen molar-refractivity contribution in [1.82, 2.24) is 0 Å². The third-order valence-electron chi connectivity index (χ3n) is 2.68. The Morgan fingerprint density at radius 1 is 1.36 bits per heavy atom. The van der Waals surface area contributed by atoms with E-state index < -0.39 is 0 Å². The lowest BCUT2D eigenvalue weighted by Gasteiger charge is -2.20. The zero-order chi connectivity index (χ0) is 10.3. The summed E-state index contributed by atoms with van der Waals surface area (Å²) in [5.74, 6) is -0.127. The quantitative estimate of drug-likeness (QED) is 0.725. The molecule has 1 aromatic carbocycles. The van der Waals surface area contributed by atoms with E-state index in [1.54, 1.807) is 6.07 Å². The second-order valence-electron chi connectivity index (χ2n) is 4.38. The van der Waals surface area contributed by atoms with Crippen LogP contribution in [0.5, 0.6) is 0 Å². The van der Waals surface area contributed by atoms with Crippen molar-refractivity contribution in [2.75, 3.05) is 0 Å². The first-order chi connectivity index (χ1) is 6.48. The van der Waals surface area contributed by atoms with Gasteiger partial charge in [-0.25, -0.2) is 4.39 Å². The van der Waals surface area contributed by atoms with Crippen LogP contribution >= 0.6 is 0 Å². The molecule has 2 rings (SSSR count). The minimum absolute atomic E-state index is 0.127. The molecule has 74 valence electrons. The number of rotatable bonds is 1. The lowest BCUT2D eigenvalue weighted by atomic mass is 9.94. The van der Waals surface area contributed by atoms with E-state index in [2.05, 4.69) is 0 Å². The molecule has 0 radical (unpaired) electrons. The van der Waals surface area contributed by atoms with Crippen LogP contribution in [0, 0.1) is 5.82 Å². The van der Waals surface area contributed by atoms with Crippen LogP contribution in [0.4, 0.5) is 4.39 Å². The Balaban J connectivity index is 2.42. The minimum atomic E-state index is -0.356. The van der Waals surface area contributed by atoms with Crippen molar-refractivity contribution in [3.63, 3.8) is 0 Å². The molecule has 0 bridgehead atoms. The second-order valence-corrected chi connectivity index (χ2v) is 4.38. The molecule has 0 spiro atoms. The number of halogens is 1. The highest BCUT2D eigenvalue weighted by Gasteiger charge is 2.24. The molecule has 0 aliphatic heterocycles. The van der Waals surface area contributed by atoms with Crippen molar-refractivity contribution < 1.29 is 4.39 Å². The molecule has 0 atom stereocenters. The Labute approximate surface area is 83.4 Å². The lowest BCUT2D eigenvalue weighted by molar-refractivity contribution is 0.586. The highest BCUT2D eigenvalue weighted by molar-refractivity contribution is 5.65. The first-order valence-electron chi connectivity index (χ1n) is 4.76. The van der Waals surface area contributed by atoms with E-state index in [0.717, 1.165) is 16.7 Å². The topological polar surface area (TPSA) is 26.0 Å². The van der Waals surface area contributed by atoms with E-state index in [1.165, 1.54) is 6.07 Å². The predicted octanol–water partition coefficient (Wildman–Crippen LogP) is 2.50. The van der Waals surface area contributed by atoms with Crippen molar-refractivity contribution in [2.45, 2.75) is 25.8 Å². The first kappa shape index (κ1) is 9.41. The molecule has 0 fully saturated rings. The fraction of sp³-hybridized carbons (Fsp3) is 0.333. The summed E-state index contributed by atoms with van der Waals surface area (Å²) >= 11 is 0. The molecular formula is C12H14FN. The van der Waals surface area contributed by atoms with Crippen LogP contribution in [-0.2, 0) is 6.42 Å². The summed E-state index contributed by atoms with van der Waals surface area (Å²) in [5, 5.41) is 0. The molecule has 0 unspecified atom stereocenters. The fourth-order valence-electron chi connectivity index (χ4n) is 1.74. The summed E-state index contributed by atoms with van der Waals surface area (Å²) in [7, 11) is 0. The standard InChI is InChI=1S/C12H14FN/c1-12(2,14)9-6-8-4-3-5-11(13)10(8)7-9/h3-6H,7,14H2,1-2H3. The largest absolute Gasteiger partial charge is 0.322 e. The molecule has 0 aromatic heterocycles. The molecule has 0 heterocycles. The average Bonchev–Trinajstić information content (AvgIpc) is 2.48. The van der Waals surface area contributed by atoms with Crippen molar-refractivity contribution >= 4 is 6.08 Å². The van der Waals surface area contributed by atoms with Gasteiger partial charge >= 0.3 is 0 Å². The molecule has 1 aliphatic carbocycles. The smallest absolute Gasteiger partial charge is 0.127 e. The van der Waals surface area contributed by atoms with E-state index in [0.29, 0.717) is 6.42 Å². The Kier molecular flexibility index (Phi) is 1.96. The van der Waals surface area contributed by atoms with Crippen molar-refractivity contribution in [2.24, 2.45) is 5.73 Å². The molecule has 0 saturated heterocycles. The zero-order valence-electron chi connectivity index (χ0n) is 8.47. The van der Waals surface area contributed by atoms with Crippen LogP contribution in [0.2, 0.25) is 0 Å². The van der Waals surface area contributed by atoms with E-state index in [9.17, 15) is 4.39 Å². The van der Waals surface area contributed by atoms with Crippen molar-refractivity contribution in [3.8, 4) is 0 Å². The molecule has 14 heavy (non-hydrogen) atoms. The summed E-state index contributed by atoms with van der Waals surface area (Å²) in [6.07, 6.45) is 2.64. The third kappa shape index (κ3) is 1.46. The van der Waals surface area contributed by atoms with Gasteiger partial charge in [0.1, 0.15) is 5.82 Å². The second kappa shape index (κ2) is 2.92. The van der Waals surface area contributed by atoms with E-state index in [4.69, 9.17) is 5.73 Å². The highest BCUT2D eigenvalue weighted by atomic mass is 19.1. The van der Waals surface area contributed by atoms with E-state index >= 15 is 0 Å². The molecule has 2 heteroatoms. The zero-order valence-corrected chi connectivity index (χ0v) is 8.47. The van der Waals surface area contributed by atoms with Crippen molar-refractivity contribution in [1.29, 1.82) is 0 Å². The lowest BCUT2D eigenvalue weighted by Crippen LogP contribution is -2.34. The summed E-state index contributed by atoms with van der Waals surface area (Å²) in [6, 6.07) is 5.16. The summed E-state index contributed by atoms with van der Waals surface area (Å²) in [6.45, 7) is 3.89. The number of hydrogen-bond acceptors (Lipinski definition) is 1. The molecule has 1 nitrogen and oxygen atoms in total. The molecule has 0 amide bonds. The molecule has 1 aromatic rings. The number of nitrogens with two attached hydrogens (primary N) is 1. The third-order valence-corrected chi connectivity index (χ3v) is 2.68. The first-order valence-corrected chi connectivity index (χ1v) is 4.76. The molecular weight excluding hydrogens is 177 g/mol. The van der Waals surface area contributed by atoms with Gasteiger partial charge in [-0.15, -0.1) is 0 Å². The maximum atomic E-state index is 13.4. The summed E-state index contributed by atoms with van der Waals surface area (Å²) in [5.41, 5.74) is 8.47. The van der Waals surface area contributed by atoms with Gasteiger partial charge in [0.2, 0.25) is 0 Å². The maximum Gasteiger partial charge on any atom is 0.127 e. The fourth-order valence-corrected chi connectivity index (χ4v) is 1.74. The number of hydrogen-bond donors (Lipinski definition) is 1. The maximum absolute atomic E-state index is 13.4. The van der Waals surface area contributed by atoms with Gasteiger partial charge in [0.25, 0.3) is 0 Å². The monoisotopic (exact) mass is 191 g/mol. The highest BCUT2D eigenvalue weighted by Crippen LogP contribution is 2.31. The van der Waals surface area contributed by atoms with Gasteiger partial charge in [0, 0.05) is 5.54 Å². The van der Waals surface area contributed by atoms with E-state index in [-0.39, 0.29) is 11.4 Å². The van der Waals surface area contributed by atoms with Gasteiger partial charge in [-0.2, -0.15) is 0 Å². The van der Waals surface area contributed by atoms with Gasteiger partial charge in [-0.1, -0.05) is 18.2 Å². The summed E-state index contributed by atoms with van der Waals surface area (Å²) < 4.78 is 13.4. The Hall–Kier alpha value is -1.15. The van der Waals surface area contributed by atoms with Crippen molar-refractivity contribution in [3.05, 3.63) is 40.7 Å². The van der Waals surface area contributed by atoms with Crippen LogP contribution in [0.15, 0.2) is 23.8 Å². The Bertz CT molecular complexity index is 399. The van der Waals surface area contributed by atoms with Crippen LogP contribution < -0.4 is 5.73 Å². The van der Waals surface area contributed by atoms with Gasteiger partial charge in [0.15, 0.2) is 0 Å². The molecule has 0 saturated carbocycles. The van der Waals surface area contributed by atoms with E-state index in [1.807, 2.05) is 26.0 Å². The van der Waals surface area contributed by atoms with Crippen LogP contribution in [0.3, 0.4) is 0 Å². The van der Waals surface area contributed by atoms with Gasteiger partial charge < -0.3 is 5.73 Å². The molecule has 1 aliphatic rings. The van der Waals surface area contributed by atoms with Gasteiger partial charge in [-0.05, 0) is 43.0 Å². The summed E-state index contributed by atoms with van der Waals surface area (Å²) in [4.78, 5) is 0. The average molecular weight is 191 g/mol. The van der Waals surface area contributed by atoms with Gasteiger partial charge in [-0.3, -0.25) is 0 Å². The molecule has 2 N–H and O–H groups in total. The minimum Gasteiger partial charge on any atom is -0.322 e. The predicted molar refractivity (Wildman–Crippen MR) is 56.3 cm³/mol. The Morgan fingerprint density at radius 3 is 2.64 bits per heavy atom. The Morgan fingerprint density at radius 2 is 2.07 bits per heavy atom. The number of fused-ring (bicyclic) bond motifs is 1.